The molecule has 0 aliphatic heterocycles. The number of nitriles is 1. The summed E-state index contributed by atoms with van der Waals surface area (Å²) in [5.41, 5.74) is -1.82. The van der Waals surface area contributed by atoms with Gasteiger partial charge in [0.2, 0.25) is 5.89 Å². The van der Waals surface area contributed by atoms with Crippen LogP contribution >= 0.6 is 0 Å². The fourth-order valence-corrected chi connectivity index (χ4v) is 3.31. The van der Waals surface area contributed by atoms with E-state index in [1.54, 1.807) is 0 Å². The van der Waals surface area contributed by atoms with Crippen LogP contribution in [0.5, 0.6) is 0 Å². The van der Waals surface area contributed by atoms with Gasteiger partial charge in [0.05, 0.1) is 17.5 Å². The Hall–Kier alpha value is -4.41. The number of alkyl halides is 3. The van der Waals surface area contributed by atoms with Crippen molar-refractivity contribution in [3.8, 4) is 28.9 Å². The predicted octanol–water partition coefficient (Wildman–Crippen LogP) is 4.63. The summed E-state index contributed by atoms with van der Waals surface area (Å²) in [6, 6.07) is 6.49. The van der Waals surface area contributed by atoms with E-state index < -0.39 is 35.9 Å². The van der Waals surface area contributed by atoms with Gasteiger partial charge in [-0.3, -0.25) is 4.79 Å². The first-order valence-corrected chi connectivity index (χ1v) is 11.5. The highest BCUT2D eigenvalue weighted by Crippen LogP contribution is 2.46. The average molecular weight is 533 g/mol. The molecule has 200 valence electrons. The molecule has 1 aromatic carbocycles. The summed E-state index contributed by atoms with van der Waals surface area (Å²) in [4.78, 5) is 28.3. The topological polar surface area (TPSA) is 153 Å². The molecule has 0 bridgehead atoms. The van der Waals surface area contributed by atoms with Crippen molar-refractivity contribution >= 4 is 12.1 Å². The first kappa shape index (κ1) is 26.6. The Balaban J connectivity index is 1.51. The number of ether oxygens (including phenoxy) is 2. The smallest absolute Gasteiger partial charge is 0.481 e. The molecule has 2 aromatic heterocycles. The van der Waals surface area contributed by atoms with Gasteiger partial charge in [-0.25, -0.2) is 9.78 Å². The summed E-state index contributed by atoms with van der Waals surface area (Å²) in [6.45, 7) is 2.07. The quantitative estimate of drug-likeness (QED) is 0.385. The minimum Gasteiger partial charge on any atom is -0.481 e. The second-order valence-corrected chi connectivity index (χ2v) is 9.27. The van der Waals surface area contributed by atoms with E-state index >= 15 is 0 Å². The van der Waals surface area contributed by atoms with E-state index in [9.17, 15) is 28.0 Å². The van der Waals surface area contributed by atoms with Gasteiger partial charge < -0.3 is 19.0 Å². The predicted molar refractivity (Wildman–Crippen MR) is 121 cm³/mol. The molecule has 1 saturated carbocycles. The zero-order chi connectivity index (χ0) is 27.7. The number of carboxylic acids is 1. The van der Waals surface area contributed by atoms with Crippen LogP contribution in [0.2, 0.25) is 0 Å². The Labute approximate surface area is 213 Å². The largest absolute Gasteiger partial charge is 0.508 e. The van der Waals surface area contributed by atoms with Crippen molar-refractivity contribution in [2.24, 2.45) is 5.41 Å². The molecule has 4 rings (SSSR count). The van der Waals surface area contributed by atoms with Gasteiger partial charge in [-0.05, 0) is 44.9 Å². The van der Waals surface area contributed by atoms with Gasteiger partial charge in [0.25, 0.3) is 0 Å². The molecule has 0 unspecified atom stereocenters. The molecule has 1 aliphatic carbocycles. The van der Waals surface area contributed by atoms with Gasteiger partial charge in [0.1, 0.15) is 30.7 Å². The van der Waals surface area contributed by atoms with E-state index in [4.69, 9.17) is 19.0 Å². The summed E-state index contributed by atoms with van der Waals surface area (Å²) in [5.74, 6) is -0.789. The monoisotopic (exact) mass is 533 g/mol. The summed E-state index contributed by atoms with van der Waals surface area (Å²) < 4.78 is 55.1. The van der Waals surface area contributed by atoms with Crippen molar-refractivity contribution in [3.05, 3.63) is 41.3 Å². The van der Waals surface area contributed by atoms with E-state index in [0.29, 0.717) is 5.76 Å². The Bertz CT molecular complexity index is 1400. The van der Waals surface area contributed by atoms with Crippen LogP contribution in [0.4, 0.5) is 18.0 Å². The number of rotatable bonds is 9. The van der Waals surface area contributed by atoms with Crippen LogP contribution in [0.25, 0.3) is 22.8 Å². The van der Waals surface area contributed by atoms with Crippen molar-refractivity contribution in [2.45, 2.75) is 45.3 Å². The fourth-order valence-electron chi connectivity index (χ4n) is 3.31. The molecule has 11 nitrogen and oxygen atoms in total. The molecule has 2 heterocycles. The summed E-state index contributed by atoms with van der Waals surface area (Å²) in [5, 5.41) is 27.0. The lowest BCUT2D eigenvalue weighted by Gasteiger charge is -2.18. The lowest BCUT2D eigenvalue weighted by molar-refractivity contribution is -0.149. The van der Waals surface area contributed by atoms with Crippen LogP contribution in [0.1, 0.15) is 49.6 Å². The lowest BCUT2D eigenvalue weighted by atomic mass is 9.95. The third kappa shape index (κ3) is 5.93. The van der Waals surface area contributed by atoms with Crippen LogP contribution in [0.3, 0.4) is 0 Å². The number of aliphatic carboxylic acids is 1. The highest BCUT2D eigenvalue weighted by molar-refractivity contribution is 5.74. The van der Waals surface area contributed by atoms with Crippen molar-refractivity contribution in [2.75, 3.05) is 13.2 Å². The summed E-state index contributed by atoms with van der Waals surface area (Å²) in [7, 11) is 0. The molecule has 0 amide bonds. The van der Waals surface area contributed by atoms with Crippen molar-refractivity contribution in [1.29, 1.82) is 5.26 Å². The second-order valence-electron chi connectivity index (χ2n) is 9.27. The molecular weight excluding hydrogens is 511 g/mol. The zero-order valence-corrected chi connectivity index (χ0v) is 20.3. The normalized spacial score (nSPS) is 13.7. The number of carboxylic acid groups (broad SMARTS) is 1. The molecule has 3 aromatic rings. The van der Waals surface area contributed by atoms with Crippen LogP contribution in [0.15, 0.2) is 28.7 Å². The number of carbonyl (C=O) groups is 2. The molecule has 0 radical (unpaired) electrons. The van der Waals surface area contributed by atoms with Crippen LogP contribution in [0, 0.1) is 16.7 Å². The maximum Gasteiger partial charge on any atom is 0.508 e. The Morgan fingerprint density at radius 2 is 1.95 bits per heavy atom. The van der Waals surface area contributed by atoms with Gasteiger partial charge in [-0.2, -0.15) is 23.2 Å². The number of aromatic nitrogens is 4. The molecular formula is C24H22F3N5O6. The molecule has 0 atom stereocenters. The summed E-state index contributed by atoms with van der Waals surface area (Å²) >= 11 is 0. The first-order chi connectivity index (χ1) is 17.9. The molecule has 1 fully saturated rings. The lowest BCUT2D eigenvalue weighted by Crippen LogP contribution is -2.30. The SMILES string of the molecule is CC(C)(COC(=O)OCCn1nc(C#N)c(-c2nc(-c3cccc(C(F)(F)F)c3)oc2C2CC2)n1)C(=O)O. The third-order valence-corrected chi connectivity index (χ3v) is 5.66. The van der Waals surface area contributed by atoms with Gasteiger partial charge >= 0.3 is 18.3 Å². The van der Waals surface area contributed by atoms with E-state index in [-0.39, 0.29) is 47.6 Å². The van der Waals surface area contributed by atoms with E-state index in [1.807, 2.05) is 6.07 Å². The number of carbonyl (C=O) groups excluding carboxylic acids is 1. The molecule has 14 heteroatoms. The molecule has 38 heavy (non-hydrogen) atoms. The highest BCUT2D eigenvalue weighted by Gasteiger charge is 2.35. The van der Waals surface area contributed by atoms with Crippen LogP contribution in [-0.4, -0.2) is 50.4 Å². The number of oxazole rings is 1. The average Bonchev–Trinajstić information content (AvgIpc) is 3.48. The zero-order valence-electron chi connectivity index (χ0n) is 20.3. The summed E-state index contributed by atoms with van der Waals surface area (Å²) in [6.07, 6.45) is -4.04. The molecule has 1 N–H and O–H groups in total. The minimum atomic E-state index is -4.54. The van der Waals surface area contributed by atoms with Gasteiger partial charge in [0.15, 0.2) is 11.4 Å². The highest BCUT2D eigenvalue weighted by atomic mass is 19.4. The van der Waals surface area contributed by atoms with Gasteiger partial charge in [-0.1, -0.05) is 6.07 Å². The van der Waals surface area contributed by atoms with Crippen molar-refractivity contribution < 1.29 is 41.8 Å². The standard InChI is InChI=1S/C24H22F3N5O6/c1-23(2,21(33)34)12-37-22(35)36-9-8-32-30-16(11-28)17(31-32)18-19(13-6-7-13)38-20(29-18)14-4-3-5-15(10-14)24(25,26)27/h3-5,10,13H,6-9,12H2,1-2H3,(H,33,34). The van der Waals surface area contributed by atoms with E-state index in [2.05, 4.69) is 15.2 Å². The minimum absolute atomic E-state index is 0.0121. The van der Waals surface area contributed by atoms with Gasteiger partial charge in [-0.15, -0.1) is 10.2 Å². The molecule has 0 spiro atoms. The van der Waals surface area contributed by atoms with E-state index in [0.717, 1.165) is 29.8 Å². The maximum absolute atomic E-state index is 13.2. The fraction of sp³-hybridized carbons (Fsp3) is 0.417. The van der Waals surface area contributed by atoms with E-state index in [1.165, 1.54) is 26.0 Å². The number of benzene rings is 1. The third-order valence-electron chi connectivity index (χ3n) is 5.66. The van der Waals surface area contributed by atoms with Crippen molar-refractivity contribution in [1.82, 2.24) is 20.0 Å². The first-order valence-electron chi connectivity index (χ1n) is 11.5. The van der Waals surface area contributed by atoms with Crippen molar-refractivity contribution in [3.63, 3.8) is 0 Å². The number of nitrogens with zero attached hydrogens (tertiary/aromatic N) is 5. The maximum atomic E-state index is 13.2. The number of hydrogen-bond donors (Lipinski definition) is 1. The second kappa shape index (κ2) is 10.2. The van der Waals surface area contributed by atoms with Gasteiger partial charge in [0, 0.05) is 11.5 Å². The molecule has 1 aliphatic rings. The Morgan fingerprint density at radius 1 is 1.21 bits per heavy atom. The number of hydrogen-bond acceptors (Lipinski definition) is 9. The Morgan fingerprint density at radius 3 is 2.58 bits per heavy atom. The molecule has 0 saturated heterocycles. The Kier molecular flexibility index (Phi) is 7.12. The number of halogens is 3. The van der Waals surface area contributed by atoms with Crippen LogP contribution < -0.4 is 0 Å². The van der Waals surface area contributed by atoms with Crippen LogP contribution in [-0.2, 0) is 27.0 Å².